The first-order valence-corrected chi connectivity index (χ1v) is 9.83. The quantitative estimate of drug-likeness (QED) is 0.750. The first-order chi connectivity index (χ1) is 12.7. The Balaban J connectivity index is 1.44. The average molecular weight is 366 g/mol. The minimum absolute atomic E-state index is 0.00455. The summed E-state index contributed by atoms with van der Waals surface area (Å²) in [5, 5.41) is 5.07. The number of hydrogen-bond donors (Lipinski definition) is 1. The largest absolute Gasteiger partial charge is 0.346 e. The average Bonchev–Trinajstić information content (AvgIpc) is 3.29. The molecule has 1 aliphatic heterocycles. The molecule has 0 spiro atoms. The van der Waals surface area contributed by atoms with Crippen LogP contribution in [-0.4, -0.2) is 21.9 Å². The highest BCUT2D eigenvalue weighted by atomic mass is 32.1. The fourth-order valence-corrected chi connectivity index (χ4v) is 4.27. The molecular formula is C21H23N3OS. The molecule has 134 valence electrons. The van der Waals surface area contributed by atoms with Crippen LogP contribution in [-0.2, 0) is 33.1 Å². The Morgan fingerprint density at radius 2 is 2.04 bits per heavy atom. The van der Waals surface area contributed by atoms with Crippen molar-refractivity contribution in [2.75, 3.05) is 6.54 Å². The number of nitrogens with one attached hydrogen (secondary N) is 1. The van der Waals surface area contributed by atoms with E-state index in [1.807, 2.05) is 24.6 Å². The van der Waals surface area contributed by atoms with Crippen LogP contribution in [0.3, 0.4) is 0 Å². The molecule has 0 aliphatic carbocycles. The number of fused-ring (bicyclic) bond motifs is 1. The van der Waals surface area contributed by atoms with Gasteiger partial charge in [0, 0.05) is 43.7 Å². The summed E-state index contributed by atoms with van der Waals surface area (Å²) in [6.07, 6.45) is 0.983. The Morgan fingerprint density at radius 3 is 2.81 bits per heavy atom. The van der Waals surface area contributed by atoms with Crippen LogP contribution >= 0.6 is 11.3 Å². The van der Waals surface area contributed by atoms with Crippen LogP contribution in [0, 0.1) is 0 Å². The van der Waals surface area contributed by atoms with E-state index in [4.69, 9.17) is 0 Å². The Hall–Kier alpha value is -2.37. The molecule has 4 nitrogen and oxygen atoms in total. The van der Waals surface area contributed by atoms with Crippen LogP contribution < -0.4 is 5.32 Å². The maximum Gasteiger partial charge on any atom is 0.268 e. The molecule has 1 amide bonds. The topological polar surface area (TPSA) is 37.3 Å². The summed E-state index contributed by atoms with van der Waals surface area (Å²) < 4.78 is 2.07. The number of rotatable bonds is 5. The summed E-state index contributed by atoms with van der Waals surface area (Å²) in [5.74, 6) is 0.00455. The smallest absolute Gasteiger partial charge is 0.268 e. The molecule has 0 unspecified atom stereocenters. The Kier molecular flexibility index (Phi) is 4.91. The molecule has 0 saturated carbocycles. The zero-order valence-corrected chi connectivity index (χ0v) is 15.8. The molecule has 2 aromatic heterocycles. The molecule has 0 atom stereocenters. The Labute approximate surface area is 158 Å². The first-order valence-electron chi connectivity index (χ1n) is 8.95. The second-order valence-electron chi connectivity index (χ2n) is 6.77. The lowest BCUT2D eigenvalue weighted by Gasteiger charge is -2.27. The highest BCUT2D eigenvalue weighted by Gasteiger charge is 2.23. The van der Waals surface area contributed by atoms with Crippen molar-refractivity contribution < 1.29 is 4.79 Å². The van der Waals surface area contributed by atoms with Crippen molar-refractivity contribution in [3.05, 3.63) is 81.3 Å². The van der Waals surface area contributed by atoms with Crippen molar-refractivity contribution in [1.29, 1.82) is 0 Å². The first kappa shape index (κ1) is 17.1. The van der Waals surface area contributed by atoms with Crippen LogP contribution in [0.15, 0.2) is 53.9 Å². The van der Waals surface area contributed by atoms with E-state index in [2.05, 4.69) is 51.2 Å². The van der Waals surface area contributed by atoms with Crippen molar-refractivity contribution in [1.82, 2.24) is 14.8 Å². The van der Waals surface area contributed by atoms with Gasteiger partial charge in [0.2, 0.25) is 0 Å². The zero-order chi connectivity index (χ0) is 17.9. The van der Waals surface area contributed by atoms with E-state index in [9.17, 15) is 4.79 Å². The van der Waals surface area contributed by atoms with E-state index in [0.29, 0.717) is 6.54 Å². The highest BCUT2D eigenvalue weighted by molar-refractivity contribution is 7.09. The summed E-state index contributed by atoms with van der Waals surface area (Å²) in [6.45, 7) is 3.47. The van der Waals surface area contributed by atoms with Gasteiger partial charge in [-0.05, 0) is 28.6 Å². The Bertz CT molecular complexity index is 884. The Morgan fingerprint density at radius 1 is 1.19 bits per heavy atom. The van der Waals surface area contributed by atoms with Gasteiger partial charge in [0.1, 0.15) is 5.69 Å². The molecule has 0 bridgehead atoms. The monoisotopic (exact) mass is 365 g/mol. The standard InChI is InChI=1S/C21H23N3OS/c1-23-19-9-10-24(14-16-6-3-2-4-7-16)15-17(19)12-20(23)21(25)22-13-18-8-5-11-26-18/h2-8,11-12H,9-10,13-15H2,1H3,(H,22,25). The van der Waals surface area contributed by atoms with Crippen LogP contribution in [0.4, 0.5) is 0 Å². The third-order valence-electron chi connectivity index (χ3n) is 4.99. The number of benzene rings is 1. The molecule has 3 aromatic rings. The normalized spacial score (nSPS) is 14.2. The second-order valence-corrected chi connectivity index (χ2v) is 7.80. The van der Waals surface area contributed by atoms with Gasteiger partial charge < -0.3 is 9.88 Å². The van der Waals surface area contributed by atoms with E-state index >= 15 is 0 Å². The predicted octanol–water partition coefficient (Wildman–Crippen LogP) is 3.57. The van der Waals surface area contributed by atoms with Crippen molar-refractivity contribution in [3.63, 3.8) is 0 Å². The van der Waals surface area contributed by atoms with E-state index in [-0.39, 0.29) is 5.91 Å². The zero-order valence-electron chi connectivity index (χ0n) is 14.9. The number of amides is 1. The van der Waals surface area contributed by atoms with Gasteiger partial charge in [-0.15, -0.1) is 11.3 Å². The SMILES string of the molecule is Cn1c(C(=O)NCc2cccs2)cc2c1CCN(Cc1ccccc1)C2. The van der Waals surface area contributed by atoms with E-state index in [1.54, 1.807) is 11.3 Å². The summed E-state index contributed by atoms with van der Waals surface area (Å²) in [5.41, 5.74) is 4.65. The van der Waals surface area contributed by atoms with Crippen LogP contribution in [0.2, 0.25) is 0 Å². The molecule has 0 fully saturated rings. The molecule has 5 heteroatoms. The number of carbonyl (C=O) groups excluding carboxylic acids is 1. The van der Waals surface area contributed by atoms with Crippen molar-refractivity contribution in [2.45, 2.75) is 26.1 Å². The van der Waals surface area contributed by atoms with Gasteiger partial charge in [-0.1, -0.05) is 36.4 Å². The summed E-state index contributed by atoms with van der Waals surface area (Å²) in [4.78, 5) is 16.2. The lowest BCUT2D eigenvalue weighted by molar-refractivity contribution is 0.0943. The van der Waals surface area contributed by atoms with E-state index in [0.717, 1.165) is 31.7 Å². The number of thiophene rings is 1. The van der Waals surface area contributed by atoms with Crippen molar-refractivity contribution in [2.24, 2.45) is 7.05 Å². The summed E-state index contributed by atoms with van der Waals surface area (Å²) in [7, 11) is 2.01. The molecule has 26 heavy (non-hydrogen) atoms. The third-order valence-corrected chi connectivity index (χ3v) is 5.87. The fraction of sp³-hybridized carbons (Fsp3) is 0.286. The van der Waals surface area contributed by atoms with E-state index in [1.165, 1.54) is 21.7 Å². The summed E-state index contributed by atoms with van der Waals surface area (Å²) in [6, 6.07) is 16.7. The van der Waals surface area contributed by atoms with Gasteiger partial charge in [0.05, 0.1) is 6.54 Å². The van der Waals surface area contributed by atoms with Gasteiger partial charge in [0.25, 0.3) is 5.91 Å². The summed E-state index contributed by atoms with van der Waals surface area (Å²) >= 11 is 1.66. The highest BCUT2D eigenvalue weighted by Crippen LogP contribution is 2.24. The van der Waals surface area contributed by atoms with Crippen molar-refractivity contribution in [3.8, 4) is 0 Å². The molecule has 3 heterocycles. The molecule has 1 N–H and O–H groups in total. The minimum atomic E-state index is 0.00455. The minimum Gasteiger partial charge on any atom is -0.346 e. The second kappa shape index (κ2) is 7.48. The van der Waals surface area contributed by atoms with Gasteiger partial charge in [-0.3, -0.25) is 9.69 Å². The van der Waals surface area contributed by atoms with E-state index < -0.39 is 0 Å². The maximum atomic E-state index is 12.6. The molecule has 1 aromatic carbocycles. The maximum absolute atomic E-state index is 12.6. The molecule has 0 radical (unpaired) electrons. The van der Waals surface area contributed by atoms with Gasteiger partial charge in [-0.25, -0.2) is 0 Å². The van der Waals surface area contributed by atoms with Crippen LogP contribution in [0.5, 0.6) is 0 Å². The number of hydrogen-bond acceptors (Lipinski definition) is 3. The number of carbonyl (C=O) groups is 1. The molecule has 0 saturated heterocycles. The van der Waals surface area contributed by atoms with Crippen LogP contribution in [0.1, 0.15) is 32.2 Å². The third kappa shape index (κ3) is 3.59. The fourth-order valence-electron chi connectivity index (χ4n) is 3.62. The van der Waals surface area contributed by atoms with Crippen LogP contribution in [0.25, 0.3) is 0 Å². The van der Waals surface area contributed by atoms with Gasteiger partial charge in [0.15, 0.2) is 0 Å². The number of nitrogens with zero attached hydrogens (tertiary/aromatic N) is 2. The van der Waals surface area contributed by atoms with Crippen molar-refractivity contribution >= 4 is 17.2 Å². The lowest BCUT2D eigenvalue weighted by atomic mass is 10.1. The molecule has 1 aliphatic rings. The van der Waals surface area contributed by atoms with Gasteiger partial charge in [-0.2, -0.15) is 0 Å². The lowest BCUT2D eigenvalue weighted by Crippen LogP contribution is -2.30. The predicted molar refractivity (Wildman–Crippen MR) is 105 cm³/mol. The number of aromatic nitrogens is 1. The molecule has 4 rings (SSSR count). The van der Waals surface area contributed by atoms with Gasteiger partial charge >= 0.3 is 0 Å². The molecular weight excluding hydrogens is 342 g/mol.